The molecule has 0 atom stereocenters. The van der Waals surface area contributed by atoms with Crippen LogP contribution in [0.1, 0.15) is 5.56 Å². The number of nitrogens with one attached hydrogen (secondary N) is 1. The minimum atomic E-state index is -0.489. The van der Waals surface area contributed by atoms with Crippen LogP contribution in [-0.4, -0.2) is 18.0 Å². The predicted molar refractivity (Wildman–Crippen MR) is 103 cm³/mol. The third-order valence-corrected chi connectivity index (χ3v) is 4.34. The number of ether oxygens (including phenoxy) is 1. The van der Waals surface area contributed by atoms with Gasteiger partial charge in [0.1, 0.15) is 17.4 Å². The van der Waals surface area contributed by atoms with Crippen LogP contribution in [0, 0.1) is 11.3 Å². The number of methoxy groups -OCH3 is 1. The zero-order valence-electron chi connectivity index (χ0n) is 14.0. The summed E-state index contributed by atoms with van der Waals surface area (Å²) in [5.41, 5.74) is 2.50. The van der Waals surface area contributed by atoms with Crippen molar-refractivity contribution in [2.75, 3.05) is 12.4 Å². The van der Waals surface area contributed by atoms with Crippen molar-refractivity contribution < 1.29 is 9.53 Å². The zero-order chi connectivity index (χ0) is 18.4. The molecule has 2 aromatic carbocycles. The summed E-state index contributed by atoms with van der Waals surface area (Å²) in [6.07, 6.45) is 1.53. The molecule has 1 amide bonds. The highest BCUT2D eigenvalue weighted by Gasteiger charge is 2.12. The molecule has 3 rings (SSSR count). The molecular formula is C20H15N3O2S. The summed E-state index contributed by atoms with van der Waals surface area (Å²) < 4.78 is 5.09. The molecule has 0 spiro atoms. The van der Waals surface area contributed by atoms with Gasteiger partial charge in [-0.05, 0) is 23.8 Å². The molecule has 1 heterocycles. The van der Waals surface area contributed by atoms with Crippen LogP contribution in [0.25, 0.3) is 17.3 Å². The lowest BCUT2D eigenvalue weighted by Crippen LogP contribution is -2.13. The van der Waals surface area contributed by atoms with E-state index in [0.717, 1.165) is 16.8 Å². The van der Waals surface area contributed by atoms with Crippen LogP contribution in [0.4, 0.5) is 5.13 Å². The third kappa shape index (κ3) is 4.15. The van der Waals surface area contributed by atoms with Crippen molar-refractivity contribution >= 4 is 28.5 Å². The Morgan fingerprint density at radius 1 is 1.19 bits per heavy atom. The molecule has 0 saturated heterocycles. The molecule has 0 saturated carbocycles. The lowest BCUT2D eigenvalue weighted by Gasteiger charge is -2.02. The van der Waals surface area contributed by atoms with Crippen LogP contribution in [0.2, 0.25) is 0 Å². The molecule has 0 aliphatic heterocycles. The maximum atomic E-state index is 12.4. The highest BCUT2D eigenvalue weighted by Crippen LogP contribution is 2.25. The molecule has 0 radical (unpaired) electrons. The van der Waals surface area contributed by atoms with Crippen LogP contribution in [-0.2, 0) is 4.79 Å². The van der Waals surface area contributed by atoms with Gasteiger partial charge in [0.25, 0.3) is 5.91 Å². The summed E-state index contributed by atoms with van der Waals surface area (Å²) in [4.78, 5) is 16.8. The van der Waals surface area contributed by atoms with Gasteiger partial charge in [0.2, 0.25) is 0 Å². The number of carbonyl (C=O) groups is 1. The van der Waals surface area contributed by atoms with E-state index in [0.29, 0.717) is 10.9 Å². The monoisotopic (exact) mass is 361 g/mol. The lowest BCUT2D eigenvalue weighted by atomic mass is 10.1. The van der Waals surface area contributed by atoms with Crippen molar-refractivity contribution in [1.29, 1.82) is 5.26 Å². The molecule has 26 heavy (non-hydrogen) atoms. The van der Waals surface area contributed by atoms with Crippen LogP contribution in [0.3, 0.4) is 0 Å². The van der Waals surface area contributed by atoms with E-state index >= 15 is 0 Å². The van der Waals surface area contributed by atoms with E-state index < -0.39 is 5.91 Å². The molecule has 6 heteroatoms. The second-order valence-electron chi connectivity index (χ2n) is 5.30. The Balaban J connectivity index is 1.74. The van der Waals surface area contributed by atoms with Crippen molar-refractivity contribution in [3.63, 3.8) is 0 Å². The molecule has 1 N–H and O–H groups in total. The Morgan fingerprint density at radius 3 is 2.58 bits per heavy atom. The van der Waals surface area contributed by atoms with E-state index in [1.54, 1.807) is 31.4 Å². The fraction of sp³-hybridized carbons (Fsp3) is 0.0500. The summed E-state index contributed by atoms with van der Waals surface area (Å²) >= 11 is 1.32. The highest BCUT2D eigenvalue weighted by atomic mass is 32.1. The van der Waals surface area contributed by atoms with E-state index in [1.807, 2.05) is 41.8 Å². The average molecular weight is 361 g/mol. The minimum Gasteiger partial charge on any atom is -0.497 e. The molecule has 128 valence electrons. The molecule has 1 aromatic heterocycles. The van der Waals surface area contributed by atoms with Gasteiger partial charge in [-0.2, -0.15) is 5.26 Å². The predicted octanol–water partition coefficient (Wildman–Crippen LogP) is 4.36. The Hall–Kier alpha value is -3.43. The second kappa shape index (κ2) is 8.10. The number of nitriles is 1. The Bertz CT molecular complexity index is 970. The summed E-state index contributed by atoms with van der Waals surface area (Å²) in [6, 6.07) is 18.7. The number of anilines is 1. The molecular weight excluding hydrogens is 346 g/mol. The number of hydrogen-bond acceptors (Lipinski definition) is 5. The summed E-state index contributed by atoms with van der Waals surface area (Å²) in [5, 5.41) is 14.3. The fourth-order valence-electron chi connectivity index (χ4n) is 2.25. The number of thiazole rings is 1. The summed E-state index contributed by atoms with van der Waals surface area (Å²) in [5.74, 6) is 0.221. The van der Waals surface area contributed by atoms with Gasteiger partial charge >= 0.3 is 0 Å². The van der Waals surface area contributed by atoms with Gasteiger partial charge in [-0.25, -0.2) is 4.98 Å². The molecule has 5 nitrogen and oxygen atoms in total. The van der Waals surface area contributed by atoms with E-state index in [9.17, 15) is 10.1 Å². The molecule has 0 bridgehead atoms. The molecule has 0 aliphatic carbocycles. The van der Waals surface area contributed by atoms with Gasteiger partial charge in [-0.3, -0.25) is 10.1 Å². The Kier molecular flexibility index (Phi) is 5.42. The topological polar surface area (TPSA) is 75.0 Å². The number of benzene rings is 2. The van der Waals surface area contributed by atoms with Crippen molar-refractivity contribution in [3.05, 3.63) is 71.1 Å². The smallest absolute Gasteiger partial charge is 0.268 e. The van der Waals surface area contributed by atoms with Gasteiger partial charge in [-0.1, -0.05) is 42.5 Å². The molecule has 0 aliphatic rings. The van der Waals surface area contributed by atoms with Gasteiger partial charge in [0.05, 0.1) is 12.8 Å². The number of nitrogens with zero attached hydrogens (tertiary/aromatic N) is 2. The van der Waals surface area contributed by atoms with E-state index in [4.69, 9.17) is 4.74 Å². The first-order valence-electron chi connectivity index (χ1n) is 7.78. The summed E-state index contributed by atoms with van der Waals surface area (Å²) in [7, 11) is 1.58. The van der Waals surface area contributed by atoms with Crippen LogP contribution >= 0.6 is 11.3 Å². The highest BCUT2D eigenvalue weighted by molar-refractivity contribution is 7.14. The maximum Gasteiger partial charge on any atom is 0.268 e. The average Bonchev–Trinajstić information content (AvgIpc) is 3.15. The minimum absolute atomic E-state index is 0.00614. The first kappa shape index (κ1) is 17.4. The van der Waals surface area contributed by atoms with Gasteiger partial charge in [0, 0.05) is 10.9 Å². The van der Waals surface area contributed by atoms with Crippen molar-refractivity contribution in [2.24, 2.45) is 0 Å². The number of aromatic nitrogens is 1. The fourth-order valence-corrected chi connectivity index (χ4v) is 2.97. The Morgan fingerprint density at radius 2 is 1.92 bits per heavy atom. The number of rotatable bonds is 5. The first-order chi connectivity index (χ1) is 12.7. The first-order valence-corrected chi connectivity index (χ1v) is 8.65. The zero-order valence-corrected chi connectivity index (χ0v) is 14.8. The number of hydrogen-bond donors (Lipinski definition) is 1. The van der Waals surface area contributed by atoms with E-state index in [-0.39, 0.29) is 5.57 Å². The lowest BCUT2D eigenvalue weighted by molar-refractivity contribution is -0.112. The third-order valence-electron chi connectivity index (χ3n) is 3.59. The van der Waals surface area contributed by atoms with E-state index in [2.05, 4.69) is 10.3 Å². The molecule has 0 unspecified atom stereocenters. The standard InChI is InChI=1S/C20H15N3O2S/c1-25-17-9-7-14(8-10-17)11-16(12-21)19(24)23-20-22-18(13-26-20)15-5-3-2-4-6-15/h2-11,13H,1H3,(H,22,23,24)/b16-11+. The van der Waals surface area contributed by atoms with Gasteiger partial charge in [0.15, 0.2) is 5.13 Å². The van der Waals surface area contributed by atoms with Crippen molar-refractivity contribution in [1.82, 2.24) is 4.98 Å². The second-order valence-corrected chi connectivity index (χ2v) is 6.16. The van der Waals surface area contributed by atoms with Crippen LogP contribution in [0.15, 0.2) is 65.6 Å². The summed E-state index contributed by atoms with van der Waals surface area (Å²) in [6.45, 7) is 0. The van der Waals surface area contributed by atoms with Gasteiger partial charge in [-0.15, -0.1) is 11.3 Å². The quantitative estimate of drug-likeness (QED) is 0.541. The Labute approximate surface area is 155 Å². The van der Waals surface area contributed by atoms with E-state index in [1.165, 1.54) is 17.4 Å². The van der Waals surface area contributed by atoms with Crippen LogP contribution < -0.4 is 10.1 Å². The van der Waals surface area contributed by atoms with Crippen molar-refractivity contribution in [2.45, 2.75) is 0 Å². The number of amides is 1. The van der Waals surface area contributed by atoms with Crippen LogP contribution in [0.5, 0.6) is 5.75 Å². The molecule has 3 aromatic rings. The SMILES string of the molecule is COc1ccc(/C=C(\C#N)C(=O)Nc2nc(-c3ccccc3)cs2)cc1. The van der Waals surface area contributed by atoms with Crippen molar-refractivity contribution in [3.8, 4) is 23.1 Å². The van der Waals surface area contributed by atoms with Gasteiger partial charge < -0.3 is 4.74 Å². The number of carbonyl (C=O) groups excluding carboxylic acids is 1. The normalized spacial score (nSPS) is 10.8. The largest absolute Gasteiger partial charge is 0.497 e. The molecule has 0 fully saturated rings. The maximum absolute atomic E-state index is 12.4.